The van der Waals surface area contributed by atoms with E-state index < -0.39 is 0 Å². The predicted molar refractivity (Wildman–Crippen MR) is 105 cm³/mol. The van der Waals surface area contributed by atoms with Crippen LogP contribution in [-0.2, 0) is 11.2 Å². The molecule has 1 aromatic heterocycles. The first kappa shape index (κ1) is 17.3. The van der Waals surface area contributed by atoms with E-state index in [0.717, 1.165) is 15.6 Å². The van der Waals surface area contributed by atoms with Crippen LogP contribution in [0.15, 0.2) is 47.1 Å². The number of halogens is 1. The molecule has 0 atom stereocenters. The number of fused-ring (bicyclic) bond motifs is 3. The molecule has 0 unspecified atom stereocenters. The van der Waals surface area contributed by atoms with Crippen LogP contribution < -0.4 is 15.4 Å². The molecule has 1 aliphatic heterocycles. The number of anilines is 3. The molecule has 7 nitrogen and oxygen atoms in total. The number of aromatic hydroxyl groups is 1. The zero-order valence-electron chi connectivity index (χ0n) is 14.3. The van der Waals surface area contributed by atoms with Crippen LogP contribution in [-0.4, -0.2) is 28.1 Å². The average Bonchev–Trinajstić information content (AvgIpc) is 2.76. The van der Waals surface area contributed by atoms with Crippen LogP contribution >= 0.6 is 15.9 Å². The highest BCUT2D eigenvalue weighted by molar-refractivity contribution is 9.10. The number of carbonyl (C=O) groups is 1. The summed E-state index contributed by atoms with van der Waals surface area (Å²) in [4.78, 5) is 21.1. The quantitative estimate of drug-likeness (QED) is 0.588. The molecule has 0 radical (unpaired) electrons. The van der Waals surface area contributed by atoms with Gasteiger partial charge in [0.2, 0.25) is 11.9 Å². The molecule has 1 amide bonds. The normalized spacial score (nSPS) is 12.4. The number of benzene rings is 2. The molecule has 2 heterocycles. The minimum Gasteiger partial charge on any atom is -0.508 e. The summed E-state index contributed by atoms with van der Waals surface area (Å²) < 4.78 is 6.04. The second-order valence-electron chi connectivity index (χ2n) is 6.03. The fraction of sp³-hybridized carbons (Fsp3) is 0.105. The zero-order chi connectivity index (χ0) is 19.0. The molecule has 0 spiro atoms. The summed E-state index contributed by atoms with van der Waals surface area (Å²) in [5, 5.41) is 15.8. The van der Waals surface area contributed by atoms with Crippen LogP contribution in [0.3, 0.4) is 0 Å². The van der Waals surface area contributed by atoms with Gasteiger partial charge in [-0.2, -0.15) is 0 Å². The summed E-state index contributed by atoms with van der Waals surface area (Å²) >= 11 is 3.47. The van der Waals surface area contributed by atoms with Crippen molar-refractivity contribution >= 4 is 39.2 Å². The molecule has 0 saturated carbocycles. The third-order valence-electron chi connectivity index (χ3n) is 4.11. The number of amides is 1. The Morgan fingerprint density at radius 3 is 2.93 bits per heavy atom. The van der Waals surface area contributed by atoms with Crippen LogP contribution in [0.4, 0.5) is 17.3 Å². The minimum absolute atomic E-state index is 0.0654. The molecule has 3 aromatic rings. The van der Waals surface area contributed by atoms with Gasteiger partial charge in [0.1, 0.15) is 11.5 Å². The minimum atomic E-state index is -0.112. The highest BCUT2D eigenvalue weighted by Crippen LogP contribution is 2.35. The van der Waals surface area contributed by atoms with Crippen molar-refractivity contribution in [3.8, 4) is 22.8 Å². The maximum absolute atomic E-state index is 12.1. The number of hydrogen-bond acceptors (Lipinski definition) is 6. The van der Waals surface area contributed by atoms with Crippen LogP contribution in [0, 0.1) is 0 Å². The van der Waals surface area contributed by atoms with Crippen molar-refractivity contribution in [2.45, 2.75) is 6.42 Å². The van der Waals surface area contributed by atoms with Gasteiger partial charge in [-0.25, -0.2) is 9.97 Å². The summed E-state index contributed by atoms with van der Waals surface area (Å²) in [6, 6.07) is 10.4. The number of hydrogen-bond donors (Lipinski definition) is 3. The summed E-state index contributed by atoms with van der Waals surface area (Å²) in [6.07, 6.45) is 1.84. The molecule has 8 heteroatoms. The fourth-order valence-electron chi connectivity index (χ4n) is 2.92. The smallest absolute Gasteiger partial charge is 0.228 e. The average molecular weight is 427 g/mol. The van der Waals surface area contributed by atoms with Crippen molar-refractivity contribution in [2.24, 2.45) is 0 Å². The third kappa shape index (κ3) is 3.56. The number of carbonyl (C=O) groups excluding carboxylic acids is 1. The van der Waals surface area contributed by atoms with Gasteiger partial charge in [-0.1, -0.05) is 15.9 Å². The summed E-state index contributed by atoms with van der Waals surface area (Å²) in [7, 11) is 1.52. The van der Waals surface area contributed by atoms with E-state index in [-0.39, 0.29) is 18.1 Å². The van der Waals surface area contributed by atoms with E-state index in [4.69, 9.17) is 4.74 Å². The van der Waals surface area contributed by atoms with Crippen LogP contribution in [0.25, 0.3) is 11.3 Å². The molecule has 0 aliphatic carbocycles. The topological polar surface area (TPSA) is 96.4 Å². The van der Waals surface area contributed by atoms with E-state index in [1.807, 2.05) is 18.2 Å². The maximum atomic E-state index is 12.1. The van der Waals surface area contributed by atoms with Gasteiger partial charge in [-0.15, -0.1) is 0 Å². The zero-order valence-corrected chi connectivity index (χ0v) is 15.9. The Balaban J connectivity index is 1.77. The van der Waals surface area contributed by atoms with Gasteiger partial charge < -0.3 is 20.5 Å². The highest BCUT2D eigenvalue weighted by atomic mass is 79.9. The number of rotatable bonds is 3. The fourth-order valence-corrected chi connectivity index (χ4v) is 3.28. The van der Waals surface area contributed by atoms with Gasteiger partial charge in [0, 0.05) is 45.7 Å². The molecule has 27 heavy (non-hydrogen) atoms. The lowest BCUT2D eigenvalue weighted by atomic mass is 10.1. The number of nitrogens with zero attached hydrogens (tertiary/aromatic N) is 2. The lowest BCUT2D eigenvalue weighted by molar-refractivity contribution is -0.115. The van der Waals surface area contributed by atoms with E-state index in [2.05, 4.69) is 36.5 Å². The Morgan fingerprint density at radius 2 is 2.11 bits per heavy atom. The first-order chi connectivity index (χ1) is 13.0. The Labute approximate surface area is 163 Å². The van der Waals surface area contributed by atoms with Crippen LogP contribution in [0.5, 0.6) is 11.5 Å². The summed E-state index contributed by atoms with van der Waals surface area (Å²) in [5.41, 5.74) is 3.51. The third-order valence-corrected chi connectivity index (χ3v) is 4.60. The molecule has 0 bridgehead atoms. The van der Waals surface area contributed by atoms with Crippen molar-refractivity contribution in [1.82, 2.24) is 9.97 Å². The first-order valence-electron chi connectivity index (χ1n) is 8.12. The van der Waals surface area contributed by atoms with E-state index in [0.29, 0.717) is 28.8 Å². The van der Waals surface area contributed by atoms with Gasteiger partial charge >= 0.3 is 0 Å². The van der Waals surface area contributed by atoms with Crippen molar-refractivity contribution in [2.75, 3.05) is 17.7 Å². The Morgan fingerprint density at radius 1 is 1.26 bits per heavy atom. The molecule has 4 rings (SSSR count). The molecule has 0 fully saturated rings. The predicted octanol–water partition coefficient (Wildman–Crippen LogP) is 3.86. The molecule has 1 aliphatic rings. The summed E-state index contributed by atoms with van der Waals surface area (Å²) in [5.74, 6) is 0.813. The SMILES string of the molecule is COc1cc(O)cc(Nc2ncc3c(n2)-c2cc(Br)ccc2NC(=O)C3)c1. The Kier molecular flexibility index (Phi) is 4.41. The van der Waals surface area contributed by atoms with Gasteiger partial charge in [-0.3, -0.25) is 4.79 Å². The van der Waals surface area contributed by atoms with Crippen molar-refractivity contribution in [3.05, 3.63) is 52.6 Å². The van der Waals surface area contributed by atoms with Gasteiger partial charge in [-0.05, 0) is 18.2 Å². The Hall–Kier alpha value is -3.13. The number of nitrogens with one attached hydrogen (secondary N) is 2. The second kappa shape index (κ2) is 6.88. The number of methoxy groups -OCH3 is 1. The Bertz CT molecular complexity index is 1060. The van der Waals surface area contributed by atoms with Gasteiger partial charge in [0.15, 0.2) is 0 Å². The van der Waals surface area contributed by atoms with E-state index in [1.165, 1.54) is 13.2 Å². The number of phenolic OH excluding ortho intramolecular Hbond substituents is 1. The first-order valence-corrected chi connectivity index (χ1v) is 8.92. The molecular formula is C19H15BrN4O3. The maximum Gasteiger partial charge on any atom is 0.228 e. The van der Waals surface area contributed by atoms with E-state index in [1.54, 1.807) is 18.3 Å². The highest BCUT2D eigenvalue weighted by Gasteiger charge is 2.21. The van der Waals surface area contributed by atoms with E-state index in [9.17, 15) is 9.90 Å². The van der Waals surface area contributed by atoms with Crippen LogP contribution in [0.2, 0.25) is 0 Å². The lowest BCUT2D eigenvalue weighted by Gasteiger charge is -2.12. The molecular weight excluding hydrogens is 412 g/mol. The standard InChI is InChI=1S/C19H15BrN4O3/c1-27-14-7-12(6-13(25)8-14)22-19-21-9-10-4-17(26)23-16-3-2-11(20)5-15(16)18(10)24-19/h2-3,5-9,25H,4H2,1H3,(H,23,26)(H,21,22,24). The number of aromatic nitrogens is 2. The van der Waals surface area contributed by atoms with Gasteiger partial charge in [0.05, 0.1) is 24.9 Å². The lowest BCUT2D eigenvalue weighted by Crippen LogP contribution is -2.12. The van der Waals surface area contributed by atoms with Crippen molar-refractivity contribution < 1.29 is 14.6 Å². The van der Waals surface area contributed by atoms with E-state index >= 15 is 0 Å². The monoisotopic (exact) mass is 426 g/mol. The van der Waals surface area contributed by atoms with Crippen molar-refractivity contribution in [1.29, 1.82) is 0 Å². The molecule has 2 aromatic carbocycles. The van der Waals surface area contributed by atoms with Gasteiger partial charge in [0.25, 0.3) is 0 Å². The summed E-state index contributed by atoms with van der Waals surface area (Å²) in [6.45, 7) is 0. The number of ether oxygens (including phenoxy) is 1. The largest absolute Gasteiger partial charge is 0.508 e. The molecule has 136 valence electrons. The second-order valence-corrected chi connectivity index (χ2v) is 6.94. The molecule has 3 N–H and O–H groups in total. The van der Waals surface area contributed by atoms with Crippen molar-refractivity contribution in [3.63, 3.8) is 0 Å². The molecule has 0 saturated heterocycles. The number of phenols is 1. The van der Waals surface area contributed by atoms with Crippen LogP contribution in [0.1, 0.15) is 5.56 Å².